The molecule has 0 aliphatic rings. The molecule has 0 bridgehead atoms. The fourth-order valence-electron chi connectivity index (χ4n) is 2.57. The summed E-state index contributed by atoms with van der Waals surface area (Å²) in [5, 5.41) is 0. The zero-order valence-electron chi connectivity index (χ0n) is 14.4. The topological polar surface area (TPSA) is 75.5 Å². The summed E-state index contributed by atoms with van der Waals surface area (Å²) in [6.07, 6.45) is 1.80. The molecule has 0 N–H and O–H groups in total. The van der Waals surface area contributed by atoms with Crippen LogP contribution in [0, 0.1) is 0 Å². The number of ether oxygens (including phenoxy) is 3. The number of halogens is 1. The van der Waals surface area contributed by atoms with Crippen LogP contribution in [0.15, 0.2) is 23.8 Å². The van der Waals surface area contributed by atoms with Crippen molar-refractivity contribution in [2.75, 3.05) is 27.4 Å². The van der Waals surface area contributed by atoms with Crippen molar-refractivity contribution in [1.82, 2.24) is 14.5 Å². The smallest absolute Gasteiger partial charge is 0.338 e. The standard InChI is InChI=1S/C17H18ClN3O4S/c1-23-3-4-25-14-6-11(17(22)24-2)5-13-16(14)20-15(7-18)21(13)9-12-8-19-10-26-12/h5-6,8,10H,3-4,7,9H2,1-2H3. The van der Waals surface area contributed by atoms with Crippen molar-refractivity contribution in [3.8, 4) is 5.75 Å². The molecular weight excluding hydrogens is 378 g/mol. The van der Waals surface area contributed by atoms with Gasteiger partial charge in [-0.1, -0.05) is 0 Å². The Hall–Kier alpha value is -2.16. The van der Waals surface area contributed by atoms with Gasteiger partial charge in [0.15, 0.2) is 0 Å². The molecule has 0 radical (unpaired) electrons. The van der Waals surface area contributed by atoms with Crippen LogP contribution in [0.3, 0.4) is 0 Å². The van der Waals surface area contributed by atoms with E-state index in [1.165, 1.54) is 7.11 Å². The Bertz CT molecular complexity index is 895. The zero-order chi connectivity index (χ0) is 18.5. The number of fused-ring (bicyclic) bond motifs is 1. The maximum Gasteiger partial charge on any atom is 0.338 e. The second kappa shape index (κ2) is 8.48. The molecule has 0 fully saturated rings. The van der Waals surface area contributed by atoms with Crippen LogP contribution in [0.5, 0.6) is 5.75 Å². The lowest BCUT2D eigenvalue weighted by Crippen LogP contribution is -2.07. The third-order valence-corrected chi connectivity index (χ3v) is 4.78. The first-order valence-electron chi connectivity index (χ1n) is 7.84. The van der Waals surface area contributed by atoms with E-state index in [-0.39, 0.29) is 5.88 Å². The Balaban J connectivity index is 2.12. The van der Waals surface area contributed by atoms with Crippen molar-refractivity contribution in [1.29, 1.82) is 0 Å². The van der Waals surface area contributed by atoms with Crippen molar-refractivity contribution in [2.24, 2.45) is 0 Å². The van der Waals surface area contributed by atoms with E-state index in [1.807, 2.05) is 4.57 Å². The van der Waals surface area contributed by atoms with E-state index >= 15 is 0 Å². The quantitative estimate of drug-likeness (QED) is 0.331. The molecule has 3 aromatic rings. The van der Waals surface area contributed by atoms with Crippen LogP contribution in [0.1, 0.15) is 21.1 Å². The average molecular weight is 396 g/mol. The van der Waals surface area contributed by atoms with E-state index in [9.17, 15) is 4.79 Å². The van der Waals surface area contributed by atoms with Gasteiger partial charge in [0, 0.05) is 18.2 Å². The van der Waals surface area contributed by atoms with Gasteiger partial charge >= 0.3 is 5.97 Å². The van der Waals surface area contributed by atoms with Crippen molar-refractivity contribution in [3.63, 3.8) is 0 Å². The van der Waals surface area contributed by atoms with Gasteiger partial charge in [0.2, 0.25) is 0 Å². The number of carbonyl (C=O) groups excluding carboxylic acids is 1. The first-order valence-corrected chi connectivity index (χ1v) is 9.26. The molecule has 0 aliphatic carbocycles. The Morgan fingerprint density at radius 1 is 1.31 bits per heavy atom. The van der Waals surface area contributed by atoms with Crippen molar-refractivity contribution >= 4 is 39.9 Å². The van der Waals surface area contributed by atoms with Crippen LogP contribution in [0.2, 0.25) is 0 Å². The Morgan fingerprint density at radius 2 is 2.15 bits per heavy atom. The molecule has 26 heavy (non-hydrogen) atoms. The molecule has 9 heteroatoms. The summed E-state index contributed by atoms with van der Waals surface area (Å²) in [7, 11) is 2.94. The van der Waals surface area contributed by atoms with Gasteiger partial charge in [0.1, 0.15) is 23.7 Å². The number of thiazole rings is 1. The summed E-state index contributed by atoms with van der Waals surface area (Å²) in [5.74, 6) is 0.975. The fraction of sp³-hybridized carbons (Fsp3) is 0.353. The van der Waals surface area contributed by atoms with Crippen LogP contribution < -0.4 is 4.74 Å². The largest absolute Gasteiger partial charge is 0.489 e. The SMILES string of the molecule is COCCOc1cc(C(=O)OC)cc2c1nc(CCl)n2Cc1cncs1. The third kappa shape index (κ3) is 3.82. The normalized spacial score (nSPS) is 11.0. The van der Waals surface area contributed by atoms with Gasteiger partial charge in [-0.15, -0.1) is 22.9 Å². The molecule has 2 heterocycles. The zero-order valence-corrected chi connectivity index (χ0v) is 16.0. The van der Waals surface area contributed by atoms with E-state index in [4.69, 9.17) is 25.8 Å². The summed E-state index contributed by atoms with van der Waals surface area (Å²) in [6, 6.07) is 3.38. The first-order chi connectivity index (χ1) is 12.7. The number of nitrogens with zero attached hydrogens (tertiary/aromatic N) is 3. The van der Waals surface area contributed by atoms with E-state index in [2.05, 4.69) is 9.97 Å². The van der Waals surface area contributed by atoms with Crippen LogP contribution >= 0.6 is 22.9 Å². The lowest BCUT2D eigenvalue weighted by Gasteiger charge is -2.10. The van der Waals surface area contributed by atoms with E-state index in [1.54, 1.807) is 42.3 Å². The van der Waals surface area contributed by atoms with Gasteiger partial charge in [-0.3, -0.25) is 4.98 Å². The van der Waals surface area contributed by atoms with E-state index in [0.29, 0.717) is 42.4 Å². The lowest BCUT2D eigenvalue weighted by atomic mass is 10.2. The minimum absolute atomic E-state index is 0.235. The predicted molar refractivity (Wildman–Crippen MR) is 99.2 cm³/mol. The van der Waals surface area contributed by atoms with Gasteiger partial charge in [-0.2, -0.15) is 0 Å². The molecule has 3 rings (SSSR count). The lowest BCUT2D eigenvalue weighted by molar-refractivity contribution is 0.0600. The number of esters is 1. The van der Waals surface area contributed by atoms with Crippen LogP contribution in [0.25, 0.3) is 11.0 Å². The van der Waals surface area contributed by atoms with Crippen LogP contribution in [-0.4, -0.2) is 47.9 Å². The molecule has 0 unspecified atom stereocenters. The number of methoxy groups -OCH3 is 2. The molecule has 0 aliphatic heterocycles. The van der Waals surface area contributed by atoms with Gasteiger partial charge in [0.05, 0.1) is 42.7 Å². The van der Waals surface area contributed by atoms with Gasteiger partial charge in [0.25, 0.3) is 0 Å². The first kappa shape index (κ1) is 18.6. The highest BCUT2D eigenvalue weighted by Crippen LogP contribution is 2.30. The number of carbonyl (C=O) groups is 1. The second-order valence-electron chi connectivity index (χ2n) is 5.39. The minimum atomic E-state index is -0.443. The maximum atomic E-state index is 12.1. The van der Waals surface area contributed by atoms with Crippen molar-refractivity contribution in [2.45, 2.75) is 12.4 Å². The number of benzene rings is 1. The molecule has 0 saturated heterocycles. The monoisotopic (exact) mass is 395 g/mol. The number of imidazole rings is 1. The number of rotatable bonds is 8. The highest BCUT2D eigenvalue weighted by atomic mass is 35.5. The van der Waals surface area contributed by atoms with Crippen LogP contribution in [0.4, 0.5) is 0 Å². The van der Waals surface area contributed by atoms with Crippen LogP contribution in [-0.2, 0) is 21.9 Å². The second-order valence-corrected chi connectivity index (χ2v) is 6.63. The third-order valence-electron chi connectivity index (χ3n) is 3.78. The van der Waals surface area contributed by atoms with E-state index in [0.717, 1.165) is 10.4 Å². The number of hydrogen-bond donors (Lipinski definition) is 0. The molecule has 2 aromatic heterocycles. The molecule has 0 spiro atoms. The van der Waals surface area contributed by atoms with Crippen molar-refractivity contribution in [3.05, 3.63) is 40.1 Å². The highest BCUT2D eigenvalue weighted by Gasteiger charge is 2.19. The van der Waals surface area contributed by atoms with Crippen molar-refractivity contribution < 1.29 is 19.0 Å². The van der Waals surface area contributed by atoms with E-state index < -0.39 is 5.97 Å². The summed E-state index contributed by atoms with van der Waals surface area (Å²) in [6.45, 7) is 1.33. The van der Waals surface area contributed by atoms with Gasteiger partial charge in [-0.25, -0.2) is 9.78 Å². The number of alkyl halides is 1. The summed E-state index contributed by atoms with van der Waals surface area (Å²) in [5.41, 5.74) is 3.56. The average Bonchev–Trinajstić information content (AvgIpc) is 3.29. The predicted octanol–water partition coefficient (Wildman–Crippen LogP) is 3.09. The molecule has 0 atom stereocenters. The number of aromatic nitrogens is 3. The van der Waals surface area contributed by atoms with Gasteiger partial charge < -0.3 is 18.8 Å². The molecule has 0 amide bonds. The summed E-state index contributed by atoms with van der Waals surface area (Å²) < 4.78 is 17.6. The fourth-order valence-corrected chi connectivity index (χ4v) is 3.36. The molecule has 138 valence electrons. The molecule has 0 saturated carbocycles. The van der Waals surface area contributed by atoms with Gasteiger partial charge in [-0.05, 0) is 12.1 Å². The molecule has 1 aromatic carbocycles. The summed E-state index contributed by atoms with van der Waals surface area (Å²) >= 11 is 7.65. The highest BCUT2D eigenvalue weighted by molar-refractivity contribution is 7.09. The number of hydrogen-bond acceptors (Lipinski definition) is 7. The maximum absolute atomic E-state index is 12.1. The Morgan fingerprint density at radius 3 is 2.81 bits per heavy atom. The molecular formula is C17H18ClN3O4S. The minimum Gasteiger partial charge on any atom is -0.489 e. The Kier molecular flexibility index (Phi) is 6.08. The molecule has 7 nitrogen and oxygen atoms in total. The summed E-state index contributed by atoms with van der Waals surface area (Å²) in [4.78, 5) is 21.9. The Labute approximate surface area is 159 Å².